The van der Waals surface area contributed by atoms with Crippen LogP contribution in [0.5, 0.6) is 0 Å². The zero-order chi connectivity index (χ0) is 16.9. The molecule has 1 saturated carbocycles. The Balaban J connectivity index is 1.96. The molecule has 1 N–H and O–H groups in total. The third-order valence-corrected chi connectivity index (χ3v) is 4.98. The molecule has 0 atom stereocenters. The van der Waals surface area contributed by atoms with E-state index < -0.39 is 27.4 Å². The van der Waals surface area contributed by atoms with Crippen LogP contribution in [0.3, 0.4) is 0 Å². The van der Waals surface area contributed by atoms with E-state index in [1.807, 2.05) is 0 Å². The Morgan fingerprint density at radius 1 is 1.39 bits per heavy atom. The van der Waals surface area contributed by atoms with Gasteiger partial charge in [-0.3, -0.25) is 4.72 Å². The summed E-state index contributed by atoms with van der Waals surface area (Å²) in [6.07, 6.45) is 3.44. The van der Waals surface area contributed by atoms with Crippen molar-refractivity contribution in [3.8, 4) is 0 Å². The minimum atomic E-state index is -3.75. The maximum absolute atomic E-state index is 13.7. The lowest BCUT2D eigenvalue weighted by Crippen LogP contribution is -2.24. The number of benzene rings is 1. The van der Waals surface area contributed by atoms with Gasteiger partial charge in [0, 0.05) is 6.61 Å². The summed E-state index contributed by atoms with van der Waals surface area (Å²) >= 11 is 0. The molecular weight excluding hydrogens is 325 g/mol. The van der Waals surface area contributed by atoms with Crippen molar-refractivity contribution in [2.45, 2.75) is 19.3 Å². The molecule has 1 aliphatic rings. The summed E-state index contributed by atoms with van der Waals surface area (Å²) in [6.45, 7) is 0.609. The van der Waals surface area contributed by atoms with Crippen LogP contribution in [0, 0.1) is 11.7 Å². The first-order valence-corrected chi connectivity index (χ1v) is 9.03. The topological polar surface area (TPSA) is 81.7 Å². The van der Waals surface area contributed by atoms with Crippen molar-refractivity contribution in [3.05, 3.63) is 29.6 Å². The summed E-state index contributed by atoms with van der Waals surface area (Å²) in [5, 5.41) is 0. The van der Waals surface area contributed by atoms with Crippen molar-refractivity contribution in [2.75, 3.05) is 30.8 Å². The van der Waals surface area contributed by atoms with E-state index >= 15 is 0 Å². The lowest BCUT2D eigenvalue weighted by atomic mass is 9.86. The number of hydrogen-bond acceptors (Lipinski definition) is 5. The van der Waals surface area contributed by atoms with E-state index in [4.69, 9.17) is 4.74 Å². The van der Waals surface area contributed by atoms with E-state index in [2.05, 4.69) is 9.46 Å². The number of halogens is 1. The zero-order valence-corrected chi connectivity index (χ0v) is 13.7. The first kappa shape index (κ1) is 17.7. The maximum Gasteiger partial charge on any atom is 0.343 e. The Bertz CT molecular complexity index is 658. The number of methoxy groups -OCH3 is 1. The average Bonchev–Trinajstić information content (AvgIpc) is 2.44. The smallest absolute Gasteiger partial charge is 0.343 e. The first-order chi connectivity index (χ1) is 10.9. The molecule has 0 heterocycles. The molecule has 0 radical (unpaired) electrons. The van der Waals surface area contributed by atoms with Gasteiger partial charge in [0.05, 0.1) is 25.2 Å². The van der Waals surface area contributed by atoms with Crippen LogP contribution >= 0.6 is 0 Å². The Kier molecular flexibility index (Phi) is 5.95. The van der Waals surface area contributed by atoms with Gasteiger partial charge in [0.15, 0.2) is 0 Å². The highest BCUT2D eigenvalue weighted by Gasteiger charge is 2.21. The second kappa shape index (κ2) is 7.74. The first-order valence-electron chi connectivity index (χ1n) is 7.38. The van der Waals surface area contributed by atoms with Gasteiger partial charge in [0.2, 0.25) is 10.0 Å². The van der Waals surface area contributed by atoms with Crippen molar-refractivity contribution in [1.29, 1.82) is 0 Å². The molecule has 0 spiro atoms. The van der Waals surface area contributed by atoms with Gasteiger partial charge in [0.25, 0.3) is 0 Å². The van der Waals surface area contributed by atoms with E-state index in [0.29, 0.717) is 12.5 Å². The molecule has 0 saturated heterocycles. The number of anilines is 1. The normalized spacial score (nSPS) is 15.0. The monoisotopic (exact) mass is 345 g/mol. The van der Waals surface area contributed by atoms with Gasteiger partial charge in [-0.15, -0.1) is 0 Å². The van der Waals surface area contributed by atoms with Crippen LogP contribution < -0.4 is 4.72 Å². The van der Waals surface area contributed by atoms with Crippen LogP contribution in [-0.4, -0.2) is 40.5 Å². The van der Waals surface area contributed by atoms with Crippen LogP contribution in [0.4, 0.5) is 10.1 Å². The Labute approximate surface area is 135 Å². The number of carbonyl (C=O) groups excluding carboxylic acids is 1. The summed E-state index contributed by atoms with van der Waals surface area (Å²) in [5.74, 6) is -1.53. The average molecular weight is 345 g/mol. The van der Waals surface area contributed by atoms with Crippen molar-refractivity contribution >= 4 is 21.7 Å². The lowest BCUT2D eigenvalue weighted by Gasteiger charge is -2.24. The molecule has 1 aliphatic carbocycles. The molecular formula is C15H20FNO5S. The number of carbonyl (C=O) groups is 1. The van der Waals surface area contributed by atoms with Gasteiger partial charge in [-0.25, -0.2) is 17.6 Å². The third kappa shape index (κ3) is 4.90. The molecule has 1 fully saturated rings. The predicted molar refractivity (Wildman–Crippen MR) is 83.3 cm³/mol. The van der Waals surface area contributed by atoms with Crippen LogP contribution in [0.15, 0.2) is 18.2 Å². The predicted octanol–water partition coefficient (Wildman–Crippen LogP) is 2.17. The molecule has 8 heteroatoms. The molecule has 0 aliphatic heterocycles. The fourth-order valence-electron chi connectivity index (χ4n) is 2.22. The Morgan fingerprint density at radius 3 is 2.74 bits per heavy atom. The van der Waals surface area contributed by atoms with Gasteiger partial charge >= 0.3 is 5.97 Å². The molecule has 0 unspecified atom stereocenters. The molecule has 0 bridgehead atoms. The van der Waals surface area contributed by atoms with Gasteiger partial charge < -0.3 is 9.47 Å². The van der Waals surface area contributed by atoms with Crippen molar-refractivity contribution in [2.24, 2.45) is 5.92 Å². The fourth-order valence-corrected chi connectivity index (χ4v) is 3.16. The van der Waals surface area contributed by atoms with Gasteiger partial charge in [-0.05, 0) is 30.9 Å². The minimum Gasteiger partial charge on any atom is -0.465 e. The highest BCUT2D eigenvalue weighted by Crippen LogP contribution is 2.26. The summed E-state index contributed by atoms with van der Waals surface area (Å²) in [4.78, 5) is 11.6. The summed E-state index contributed by atoms with van der Waals surface area (Å²) in [6, 6.07) is 3.68. The number of rotatable bonds is 8. The second-order valence-corrected chi connectivity index (χ2v) is 7.29. The second-order valence-electron chi connectivity index (χ2n) is 5.45. The lowest BCUT2D eigenvalue weighted by molar-refractivity contribution is 0.0597. The van der Waals surface area contributed by atoms with Gasteiger partial charge in [-0.2, -0.15) is 0 Å². The number of esters is 1. The molecule has 6 nitrogen and oxygen atoms in total. The van der Waals surface area contributed by atoms with E-state index in [9.17, 15) is 17.6 Å². The SMILES string of the molecule is COC(=O)c1c(F)cccc1NS(=O)(=O)CCOCC1CCC1. The van der Waals surface area contributed by atoms with Crippen LogP contribution in [0.1, 0.15) is 29.6 Å². The van der Waals surface area contributed by atoms with Gasteiger partial charge in [0.1, 0.15) is 11.4 Å². The van der Waals surface area contributed by atoms with E-state index in [0.717, 1.165) is 26.0 Å². The molecule has 23 heavy (non-hydrogen) atoms. The largest absolute Gasteiger partial charge is 0.465 e. The summed E-state index contributed by atoms with van der Waals surface area (Å²) in [5.41, 5.74) is -0.579. The minimum absolute atomic E-state index is 0.0503. The number of ether oxygens (including phenoxy) is 2. The van der Waals surface area contributed by atoms with Crippen molar-refractivity contribution in [1.82, 2.24) is 0 Å². The molecule has 0 aromatic heterocycles. The number of hydrogen-bond donors (Lipinski definition) is 1. The maximum atomic E-state index is 13.7. The van der Waals surface area contributed by atoms with E-state index in [1.54, 1.807) is 0 Å². The zero-order valence-electron chi connectivity index (χ0n) is 12.9. The van der Waals surface area contributed by atoms with Gasteiger partial charge in [-0.1, -0.05) is 12.5 Å². The molecule has 2 rings (SSSR count). The quantitative estimate of drug-likeness (QED) is 0.577. The van der Waals surface area contributed by atoms with Crippen LogP contribution in [0.25, 0.3) is 0 Å². The Morgan fingerprint density at radius 2 is 2.13 bits per heavy atom. The Hall–Kier alpha value is -1.67. The van der Waals surface area contributed by atoms with Crippen LogP contribution in [0.2, 0.25) is 0 Å². The highest BCUT2D eigenvalue weighted by molar-refractivity contribution is 7.92. The molecule has 1 aromatic carbocycles. The molecule has 128 valence electrons. The highest BCUT2D eigenvalue weighted by atomic mass is 32.2. The van der Waals surface area contributed by atoms with E-state index in [-0.39, 0.29) is 18.0 Å². The number of sulfonamides is 1. The van der Waals surface area contributed by atoms with Crippen molar-refractivity contribution in [3.63, 3.8) is 0 Å². The molecule has 0 amide bonds. The fraction of sp³-hybridized carbons (Fsp3) is 0.533. The standard InChI is InChI=1S/C15H20FNO5S/c1-21-15(18)14-12(16)6-3-7-13(14)17-23(19,20)9-8-22-10-11-4-2-5-11/h3,6-7,11,17H,2,4-5,8-10H2,1H3. The molecule has 1 aromatic rings. The number of nitrogens with one attached hydrogen (secondary N) is 1. The van der Waals surface area contributed by atoms with Crippen LogP contribution in [-0.2, 0) is 19.5 Å². The summed E-state index contributed by atoms with van der Waals surface area (Å²) < 4.78 is 49.9. The van der Waals surface area contributed by atoms with E-state index in [1.165, 1.54) is 18.6 Å². The third-order valence-electron chi connectivity index (χ3n) is 3.74. The summed E-state index contributed by atoms with van der Waals surface area (Å²) in [7, 11) is -2.65. The van der Waals surface area contributed by atoms with Crippen molar-refractivity contribution < 1.29 is 27.1 Å².